The van der Waals surface area contributed by atoms with E-state index in [1.807, 2.05) is 62.4 Å². The summed E-state index contributed by atoms with van der Waals surface area (Å²) in [5, 5.41) is 3.16. The van der Waals surface area contributed by atoms with Gasteiger partial charge in [-0.3, -0.25) is 24.1 Å². The van der Waals surface area contributed by atoms with Crippen LogP contribution in [0.3, 0.4) is 0 Å². The van der Waals surface area contributed by atoms with Crippen molar-refractivity contribution >= 4 is 29.3 Å². The molecule has 4 amide bonds. The van der Waals surface area contributed by atoms with Crippen LogP contribution >= 0.6 is 0 Å². The van der Waals surface area contributed by atoms with E-state index in [0.29, 0.717) is 24.0 Å². The minimum Gasteiger partial charge on any atom is -0.324 e. The second kappa shape index (κ2) is 10.8. The van der Waals surface area contributed by atoms with Crippen LogP contribution in [-0.2, 0) is 16.1 Å². The van der Waals surface area contributed by atoms with Crippen molar-refractivity contribution in [3.63, 3.8) is 0 Å². The third-order valence-electron chi connectivity index (χ3n) is 8.00. The monoisotopic (exact) mass is 523 g/mol. The molecule has 39 heavy (non-hydrogen) atoms. The van der Waals surface area contributed by atoms with Gasteiger partial charge in [0, 0.05) is 12.2 Å². The number of nitrogens with zero attached hydrogens (tertiary/aromatic N) is 2. The van der Waals surface area contributed by atoms with Crippen molar-refractivity contribution < 1.29 is 19.2 Å². The van der Waals surface area contributed by atoms with Gasteiger partial charge in [-0.15, -0.1) is 0 Å². The summed E-state index contributed by atoms with van der Waals surface area (Å²) in [6, 6.07) is 22.0. The Hall–Kier alpha value is -4.26. The van der Waals surface area contributed by atoms with Gasteiger partial charge in [0.2, 0.25) is 11.8 Å². The largest absolute Gasteiger partial charge is 0.324 e. The number of para-hydroxylation sites is 1. The van der Waals surface area contributed by atoms with E-state index >= 15 is 0 Å². The van der Waals surface area contributed by atoms with Gasteiger partial charge in [-0.25, -0.2) is 0 Å². The Morgan fingerprint density at radius 3 is 1.95 bits per heavy atom. The number of benzene rings is 3. The first-order chi connectivity index (χ1) is 18.8. The zero-order valence-corrected chi connectivity index (χ0v) is 22.4. The molecule has 3 aromatic rings. The molecule has 1 heterocycles. The van der Waals surface area contributed by atoms with Crippen molar-refractivity contribution in [2.45, 2.75) is 58.0 Å². The maximum absolute atomic E-state index is 14.2. The topological polar surface area (TPSA) is 86.8 Å². The van der Waals surface area contributed by atoms with E-state index < -0.39 is 29.8 Å². The molecule has 1 aliphatic heterocycles. The molecule has 5 rings (SSSR count). The highest BCUT2D eigenvalue weighted by molar-refractivity contribution is 6.22. The number of rotatable bonds is 7. The van der Waals surface area contributed by atoms with E-state index in [9.17, 15) is 19.2 Å². The zero-order valence-electron chi connectivity index (χ0n) is 22.4. The van der Waals surface area contributed by atoms with E-state index in [1.54, 1.807) is 29.2 Å². The minimum absolute atomic E-state index is 0.197. The van der Waals surface area contributed by atoms with Gasteiger partial charge in [-0.2, -0.15) is 0 Å². The van der Waals surface area contributed by atoms with Crippen molar-refractivity contribution in [3.8, 4) is 0 Å². The van der Waals surface area contributed by atoms with Gasteiger partial charge in [-0.05, 0) is 55.5 Å². The summed E-state index contributed by atoms with van der Waals surface area (Å²) in [6.07, 6.45) is 3.58. The van der Waals surface area contributed by atoms with E-state index in [-0.39, 0.29) is 12.5 Å². The van der Waals surface area contributed by atoms with Crippen LogP contribution in [0.2, 0.25) is 0 Å². The number of amides is 4. The Kier molecular flexibility index (Phi) is 7.33. The van der Waals surface area contributed by atoms with Crippen LogP contribution in [0.15, 0.2) is 72.8 Å². The first-order valence-corrected chi connectivity index (χ1v) is 13.5. The van der Waals surface area contributed by atoms with Gasteiger partial charge < -0.3 is 10.2 Å². The van der Waals surface area contributed by atoms with Gasteiger partial charge >= 0.3 is 0 Å². The van der Waals surface area contributed by atoms with Crippen LogP contribution < -0.4 is 5.32 Å². The fraction of sp³-hybridized carbons (Fsp3) is 0.312. The van der Waals surface area contributed by atoms with Crippen molar-refractivity contribution in [1.82, 2.24) is 9.80 Å². The van der Waals surface area contributed by atoms with Gasteiger partial charge in [0.25, 0.3) is 11.8 Å². The molecule has 0 saturated heterocycles. The first kappa shape index (κ1) is 26.4. The third-order valence-corrected chi connectivity index (χ3v) is 8.00. The maximum Gasteiger partial charge on any atom is 0.262 e. The number of nitrogens with one attached hydrogen (secondary N) is 1. The number of carbonyl (C=O) groups is 4. The fourth-order valence-electron chi connectivity index (χ4n) is 5.85. The van der Waals surface area contributed by atoms with Crippen LogP contribution in [0.1, 0.15) is 69.5 Å². The maximum atomic E-state index is 14.2. The van der Waals surface area contributed by atoms with Crippen LogP contribution in [0.25, 0.3) is 0 Å². The Bertz CT molecular complexity index is 1370. The molecule has 200 valence electrons. The van der Waals surface area contributed by atoms with Crippen molar-refractivity contribution in [2.75, 3.05) is 11.9 Å². The summed E-state index contributed by atoms with van der Waals surface area (Å²) in [6.45, 7) is 3.68. The average molecular weight is 524 g/mol. The molecule has 1 saturated carbocycles. The van der Waals surface area contributed by atoms with Crippen LogP contribution in [0.5, 0.6) is 0 Å². The van der Waals surface area contributed by atoms with Crippen LogP contribution in [0.4, 0.5) is 5.69 Å². The number of hydrogen-bond donors (Lipinski definition) is 1. The number of aryl methyl sites for hydroxylation is 2. The highest BCUT2D eigenvalue weighted by atomic mass is 16.2. The highest BCUT2D eigenvalue weighted by Crippen LogP contribution is 2.37. The fourth-order valence-corrected chi connectivity index (χ4v) is 5.85. The lowest BCUT2D eigenvalue weighted by atomic mass is 9.78. The molecular formula is C32H33N3O4. The van der Waals surface area contributed by atoms with Gasteiger partial charge in [0.15, 0.2) is 0 Å². The smallest absolute Gasteiger partial charge is 0.262 e. The minimum atomic E-state index is -1.11. The average Bonchev–Trinajstić information content (AvgIpc) is 3.19. The molecule has 0 spiro atoms. The van der Waals surface area contributed by atoms with E-state index in [2.05, 4.69) is 5.32 Å². The third kappa shape index (κ3) is 4.97. The number of anilines is 1. The highest BCUT2D eigenvalue weighted by Gasteiger charge is 2.48. The molecule has 1 fully saturated rings. The molecule has 7 heteroatoms. The van der Waals surface area contributed by atoms with E-state index in [4.69, 9.17) is 0 Å². The summed E-state index contributed by atoms with van der Waals surface area (Å²) in [5.41, 5.74) is 2.99. The normalized spacial score (nSPS) is 16.1. The number of carbonyl (C=O) groups excluding carboxylic acids is 4. The molecule has 2 aliphatic rings. The molecule has 0 unspecified atom stereocenters. The number of hydrogen-bond acceptors (Lipinski definition) is 4. The molecule has 0 bridgehead atoms. The summed E-state index contributed by atoms with van der Waals surface area (Å²) < 4.78 is 0. The SMILES string of the molecule is Cc1cccc(C)c1NC(=O)C1(N(Cc2ccccc2)C(=O)CN2C(=O)c3ccccc3C2=O)CCCCC1. The lowest BCUT2D eigenvalue weighted by molar-refractivity contribution is -0.149. The van der Waals surface area contributed by atoms with E-state index in [0.717, 1.165) is 46.5 Å². The predicted molar refractivity (Wildman–Crippen MR) is 149 cm³/mol. The summed E-state index contributed by atoms with van der Waals surface area (Å²) in [4.78, 5) is 57.2. The van der Waals surface area contributed by atoms with Crippen LogP contribution in [0, 0.1) is 13.8 Å². The lowest BCUT2D eigenvalue weighted by Crippen LogP contribution is -2.61. The quantitative estimate of drug-likeness (QED) is 0.428. The number of imide groups is 1. The van der Waals surface area contributed by atoms with Crippen molar-refractivity contribution in [2.24, 2.45) is 0 Å². The molecule has 0 aromatic heterocycles. The first-order valence-electron chi connectivity index (χ1n) is 13.5. The van der Waals surface area contributed by atoms with Gasteiger partial charge in [0.1, 0.15) is 12.1 Å². The molecule has 0 atom stereocenters. The lowest BCUT2D eigenvalue weighted by Gasteiger charge is -2.45. The molecule has 7 nitrogen and oxygen atoms in total. The van der Waals surface area contributed by atoms with Gasteiger partial charge in [-0.1, -0.05) is 79.9 Å². The molecule has 0 radical (unpaired) electrons. The molecule has 3 aromatic carbocycles. The Labute approximate surface area is 228 Å². The summed E-state index contributed by atoms with van der Waals surface area (Å²) in [5.74, 6) is -1.62. The Balaban J connectivity index is 1.51. The summed E-state index contributed by atoms with van der Waals surface area (Å²) >= 11 is 0. The molecular weight excluding hydrogens is 490 g/mol. The van der Waals surface area contributed by atoms with E-state index in [1.165, 1.54) is 0 Å². The standard InChI is InChI=1S/C32H33N3O4/c1-22-12-11-13-23(2)28(22)33-31(39)32(18-9-4-10-19-32)35(20-24-14-5-3-6-15-24)27(36)21-34-29(37)25-16-7-8-17-26(25)30(34)38/h3,5-8,11-17H,4,9-10,18-21H2,1-2H3,(H,33,39). The van der Waals surface area contributed by atoms with Crippen molar-refractivity contribution in [1.29, 1.82) is 0 Å². The molecule has 1 N–H and O–H groups in total. The second-order valence-electron chi connectivity index (χ2n) is 10.5. The summed E-state index contributed by atoms with van der Waals surface area (Å²) in [7, 11) is 0. The second-order valence-corrected chi connectivity index (χ2v) is 10.5. The zero-order chi connectivity index (χ0) is 27.6. The van der Waals surface area contributed by atoms with Crippen LogP contribution in [-0.4, -0.2) is 45.5 Å². The number of fused-ring (bicyclic) bond motifs is 1. The predicted octanol–water partition coefficient (Wildman–Crippen LogP) is 5.27. The van der Waals surface area contributed by atoms with Crippen molar-refractivity contribution in [3.05, 3.63) is 101 Å². The Morgan fingerprint density at radius 2 is 1.36 bits per heavy atom. The molecule has 1 aliphatic carbocycles. The Morgan fingerprint density at radius 1 is 0.795 bits per heavy atom. The van der Waals surface area contributed by atoms with Gasteiger partial charge in [0.05, 0.1) is 11.1 Å².